The Balaban J connectivity index is 0.000000152. The van der Waals surface area contributed by atoms with E-state index < -0.39 is 5.95 Å². The average molecular weight is 555 g/mol. The quantitative estimate of drug-likeness (QED) is 0.201. The van der Waals surface area contributed by atoms with E-state index >= 15 is 0 Å². The van der Waals surface area contributed by atoms with Gasteiger partial charge in [0.15, 0.2) is 11.6 Å². The molecular formula is C21H16ClFN12S2. The number of H-pyrrole nitrogens is 2. The molecule has 0 saturated carbocycles. The Kier molecular flexibility index (Phi) is 7.34. The summed E-state index contributed by atoms with van der Waals surface area (Å²) in [6, 6.07) is 9.86. The highest BCUT2D eigenvalue weighted by Gasteiger charge is 2.11. The number of aryl methyl sites for hydroxylation is 1. The maximum atomic E-state index is 13.0. The van der Waals surface area contributed by atoms with Crippen molar-refractivity contribution in [3.63, 3.8) is 0 Å². The molecule has 0 bridgehead atoms. The van der Waals surface area contributed by atoms with Crippen LogP contribution in [0.1, 0.15) is 5.69 Å². The number of aromatic amines is 2. The summed E-state index contributed by atoms with van der Waals surface area (Å²) in [4.78, 5) is 16.5. The summed E-state index contributed by atoms with van der Waals surface area (Å²) in [6.07, 6.45) is 5.08. The molecule has 0 amide bonds. The predicted molar refractivity (Wildman–Crippen MR) is 140 cm³/mol. The van der Waals surface area contributed by atoms with Crippen LogP contribution in [-0.4, -0.2) is 49.1 Å². The smallest absolute Gasteiger partial charge is 0.214 e. The Morgan fingerprint density at radius 2 is 1.54 bits per heavy atom. The molecule has 0 aliphatic carbocycles. The van der Waals surface area contributed by atoms with E-state index in [1.807, 2.05) is 19.1 Å². The van der Waals surface area contributed by atoms with Crippen LogP contribution < -0.4 is 10.6 Å². The number of halogens is 2. The Hall–Kier alpha value is -4.34. The van der Waals surface area contributed by atoms with E-state index in [9.17, 15) is 4.39 Å². The van der Waals surface area contributed by atoms with E-state index in [0.29, 0.717) is 38.7 Å². The van der Waals surface area contributed by atoms with Gasteiger partial charge in [-0.15, -0.1) is 0 Å². The number of hydrogen-bond acceptors (Lipinski definition) is 12. The molecule has 37 heavy (non-hydrogen) atoms. The number of anilines is 4. The minimum Gasteiger partial charge on any atom is -0.315 e. The normalized spacial score (nSPS) is 10.6. The van der Waals surface area contributed by atoms with Gasteiger partial charge < -0.3 is 10.6 Å². The molecule has 6 aromatic heterocycles. The summed E-state index contributed by atoms with van der Waals surface area (Å²) >= 11 is 8.23. The molecule has 0 unspecified atom stereocenters. The van der Waals surface area contributed by atoms with E-state index in [4.69, 9.17) is 11.6 Å². The van der Waals surface area contributed by atoms with Crippen LogP contribution in [0.25, 0.3) is 22.8 Å². The predicted octanol–water partition coefficient (Wildman–Crippen LogP) is 5.23. The summed E-state index contributed by atoms with van der Waals surface area (Å²) in [5.74, 6) is 1.69. The largest absolute Gasteiger partial charge is 0.315 e. The van der Waals surface area contributed by atoms with Crippen molar-refractivity contribution in [2.24, 2.45) is 0 Å². The number of nitrogens with zero attached hydrogens (tertiary/aromatic N) is 8. The van der Waals surface area contributed by atoms with Gasteiger partial charge in [-0.05, 0) is 31.2 Å². The van der Waals surface area contributed by atoms with Crippen molar-refractivity contribution in [2.45, 2.75) is 6.92 Å². The van der Waals surface area contributed by atoms with Crippen molar-refractivity contribution in [3.05, 3.63) is 71.8 Å². The van der Waals surface area contributed by atoms with Crippen LogP contribution in [0.5, 0.6) is 0 Å². The van der Waals surface area contributed by atoms with Gasteiger partial charge in [-0.2, -0.15) is 33.3 Å². The van der Waals surface area contributed by atoms with Gasteiger partial charge in [0.25, 0.3) is 0 Å². The summed E-state index contributed by atoms with van der Waals surface area (Å²) < 4.78 is 21.4. The highest BCUT2D eigenvalue weighted by molar-refractivity contribution is 7.10. The Labute approximate surface area is 221 Å². The Bertz CT molecular complexity index is 1600. The molecule has 0 saturated heterocycles. The molecule has 0 atom stereocenters. The number of rotatable bonds is 6. The van der Waals surface area contributed by atoms with Crippen LogP contribution in [-0.2, 0) is 0 Å². The van der Waals surface area contributed by atoms with E-state index in [-0.39, 0.29) is 0 Å². The third kappa shape index (κ3) is 6.27. The molecule has 12 nitrogen and oxygen atoms in total. The van der Waals surface area contributed by atoms with E-state index in [2.05, 4.69) is 59.7 Å². The van der Waals surface area contributed by atoms with Crippen molar-refractivity contribution >= 4 is 56.6 Å². The monoisotopic (exact) mass is 554 g/mol. The van der Waals surface area contributed by atoms with Crippen molar-refractivity contribution in [3.8, 4) is 22.8 Å². The molecule has 0 fully saturated rings. The molecule has 0 aromatic carbocycles. The fourth-order valence-corrected chi connectivity index (χ4v) is 4.25. The lowest BCUT2D eigenvalue weighted by Crippen LogP contribution is -1.94. The van der Waals surface area contributed by atoms with Crippen molar-refractivity contribution in [1.29, 1.82) is 0 Å². The van der Waals surface area contributed by atoms with Crippen LogP contribution in [0.4, 0.5) is 26.3 Å². The van der Waals surface area contributed by atoms with E-state index in [1.165, 1.54) is 29.1 Å². The minimum atomic E-state index is -0.541. The third-order valence-electron chi connectivity index (χ3n) is 4.58. The topological polar surface area (TPSA) is 159 Å². The number of hydrogen-bond donors (Lipinski definition) is 4. The maximum absolute atomic E-state index is 13.0. The molecule has 186 valence electrons. The van der Waals surface area contributed by atoms with Gasteiger partial charge in [-0.25, -0.2) is 9.97 Å². The lowest BCUT2D eigenvalue weighted by Gasteiger charge is -1.99. The van der Waals surface area contributed by atoms with Crippen LogP contribution in [0.15, 0.2) is 55.0 Å². The molecule has 6 rings (SSSR count). The molecule has 6 aromatic rings. The summed E-state index contributed by atoms with van der Waals surface area (Å²) in [5, 5.41) is 20.9. The molecule has 4 N–H and O–H groups in total. The lowest BCUT2D eigenvalue weighted by atomic mass is 10.2. The molecule has 0 spiro atoms. The van der Waals surface area contributed by atoms with E-state index in [1.54, 1.807) is 36.8 Å². The molecule has 6 heterocycles. The highest BCUT2D eigenvalue weighted by atomic mass is 35.5. The van der Waals surface area contributed by atoms with Crippen LogP contribution in [0, 0.1) is 12.9 Å². The average Bonchev–Trinajstić information content (AvgIpc) is 3.68. The standard InChI is InChI=1S/C11H9FN6S.C10H7ClN6S/c1-6-7(5-13-17-6)10-16-11(19-18-10)15-9-4-2-3-8(12)14-9;11-7-2-1-3-8(14-7)15-10-16-9(17-18-10)6-4-12-13-5-6/h2-5H,1H3,(H,13,17)(H,14,15,16,18);1-5H,(H,12,13)(H,14,15,16,17). The summed E-state index contributed by atoms with van der Waals surface area (Å²) in [6.45, 7) is 1.89. The minimum absolute atomic E-state index is 0.395. The SMILES string of the molecule is Cc1[nH]ncc1-c1nsc(Nc2cccc(F)n2)n1.Clc1cccc(Nc2nc(-c3cn[nH]c3)ns2)n1. The third-order valence-corrected chi connectivity index (χ3v) is 6.05. The van der Waals surface area contributed by atoms with Gasteiger partial charge in [-0.3, -0.25) is 10.2 Å². The molecule has 16 heteroatoms. The second kappa shape index (κ2) is 11.2. The van der Waals surface area contributed by atoms with Crippen LogP contribution in [0.2, 0.25) is 5.15 Å². The number of aromatic nitrogens is 10. The van der Waals surface area contributed by atoms with Gasteiger partial charge in [0.2, 0.25) is 16.2 Å². The highest BCUT2D eigenvalue weighted by Crippen LogP contribution is 2.25. The van der Waals surface area contributed by atoms with Gasteiger partial charge in [-0.1, -0.05) is 23.7 Å². The molecule has 0 aliphatic heterocycles. The Morgan fingerprint density at radius 3 is 2.19 bits per heavy atom. The molecule has 0 aliphatic rings. The molecular weight excluding hydrogens is 539 g/mol. The van der Waals surface area contributed by atoms with Crippen molar-refractivity contribution < 1.29 is 4.39 Å². The van der Waals surface area contributed by atoms with E-state index in [0.717, 1.165) is 16.8 Å². The zero-order valence-electron chi connectivity index (χ0n) is 18.8. The fourth-order valence-electron chi connectivity index (χ4n) is 2.90. The summed E-state index contributed by atoms with van der Waals surface area (Å²) in [5.41, 5.74) is 2.59. The maximum Gasteiger partial charge on any atom is 0.214 e. The van der Waals surface area contributed by atoms with Gasteiger partial charge in [0, 0.05) is 35.0 Å². The molecule has 0 radical (unpaired) electrons. The van der Waals surface area contributed by atoms with Crippen molar-refractivity contribution in [1.82, 2.24) is 49.1 Å². The van der Waals surface area contributed by atoms with Gasteiger partial charge in [0.1, 0.15) is 16.8 Å². The van der Waals surface area contributed by atoms with Gasteiger partial charge >= 0.3 is 0 Å². The fraction of sp³-hybridized carbons (Fsp3) is 0.0476. The zero-order valence-corrected chi connectivity index (χ0v) is 21.2. The van der Waals surface area contributed by atoms with Gasteiger partial charge in [0.05, 0.1) is 23.5 Å². The first-order valence-corrected chi connectivity index (χ1v) is 12.4. The summed E-state index contributed by atoms with van der Waals surface area (Å²) in [7, 11) is 0. The first-order valence-electron chi connectivity index (χ1n) is 10.5. The zero-order chi connectivity index (χ0) is 25.6. The Morgan fingerprint density at radius 1 is 0.838 bits per heavy atom. The second-order valence-electron chi connectivity index (χ2n) is 7.18. The van der Waals surface area contributed by atoms with Crippen molar-refractivity contribution in [2.75, 3.05) is 10.6 Å². The second-order valence-corrected chi connectivity index (χ2v) is 9.07. The van der Waals surface area contributed by atoms with Crippen LogP contribution in [0.3, 0.4) is 0 Å². The first-order chi connectivity index (χ1) is 18.0. The number of nitrogens with one attached hydrogen (secondary N) is 4. The number of pyridine rings is 2. The lowest BCUT2D eigenvalue weighted by molar-refractivity contribution is 0.585. The van der Waals surface area contributed by atoms with Crippen LogP contribution >= 0.6 is 34.7 Å². The first kappa shape index (κ1) is 24.4.